The highest BCUT2D eigenvalue weighted by atomic mass is 35.5. The van der Waals surface area contributed by atoms with E-state index < -0.39 is 23.0 Å². The van der Waals surface area contributed by atoms with Crippen LogP contribution in [0.5, 0.6) is 0 Å². The molecule has 0 spiro atoms. The molecule has 138 valence electrons. The van der Waals surface area contributed by atoms with E-state index in [1.165, 1.54) is 23.6 Å². The first-order chi connectivity index (χ1) is 12.0. The van der Waals surface area contributed by atoms with Crippen LogP contribution < -0.4 is 5.32 Å². The van der Waals surface area contributed by atoms with Crippen molar-refractivity contribution in [3.05, 3.63) is 56.0 Å². The quantitative estimate of drug-likeness (QED) is 0.603. The molecule has 0 radical (unpaired) electrons. The summed E-state index contributed by atoms with van der Waals surface area (Å²) in [5, 5.41) is 4.09. The molecule has 0 aliphatic rings. The van der Waals surface area contributed by atoms with Crippen LogP contribution in [0.1, 0.15) is 51.9 Å². The topological polar surface area (TPSA) is 63.2 Å². The predicted octanol–water partition coefficient (Wildman–Crippen LogP) is 4.37. The molecule has 0 saturated carbocycles. The lowest BCUT2D eigenvalue weighted by Crippen LogP contribution is -2.44. The third-order valence-electron chi connectivity index (χ3n) is 3.58. The first kappa shape index (κ1) is 20.3. The molecule has 0 unspecified atom stereocenters. The van der Waals surface area contributed by atoms with Gasteiger partial charge in [-0.3, -0.25) is 14.4 Å². The molecule has 1 amide bonds. The summed E-state index contributed by atoms with van der Waals surface area (Å²) < 4.78 is 13.2. The maximum Gasteiger partial charge on any atom is 0.292 e. The van der Waals surface area contributed by atoms with Crippen LogP contribution in [0.2, 0.25) is 5.02 Å². The lowest BCUT2D eigenvalue weighted by molar-refractivity contribution is -0.118. The zero-order valence-electron chi connectivity index (χ0n) is 14.9. The second-order valence-electron chi connectivity index (χ2n) is 6.99. The molecular formula is C19H19ClFNO3S. The van der Waals surface area contributed by atoms with Crippen LogP contribution in [0.4, 0.5) is 4.39 Å². The van der Waals surface area contributed by atoms with E-state index in [1.807, 2.05) is 0 Å². The number of thiophene rings is 1. The maximum atomic E-state index is 13.2. The Morgan fingerprint density at radius 1 is 1.23 bits per heavy atom. The summed E-state index contributed by atoms with van der Waals surface area (Å²) in [4.78, 5) is 37.3. The average molecular weight is 396 g/mol. The largest absolute Gasteiger partial charge is 0.345 e. The van der Waals surface area contributed by atoms with Crippen molar-refractivity contribution in [3.63, 3.8) is 0 Å². The minimum atomic E-state index is -0.706. The van der Waals surface area contributed by atoms with Crippen LogP contribution in [0, 0.1) is 12.7 Å². The molecule has 1 N–H and O–H groups in total. The number of Topliss-reactive ketones (excluding diaryl/α,β-unsaturated/α-hetero) is 2. The fraction of sp³-hybridized carbons (Fsp3) is 0.316. The summed E-state index contributed by atoms with van der Waals surface area (Å²) in [5.41, 5.74) is 0.740. The van der Waals surface area contributed by atoms with Crippen molar-refractivity contribution < 1.29 is 18.8 Å². The zero-order chi connectivity index (χ0) is 19.6. The number of amides is 1. The Bertz CT molecular complexity index is 883. The Kier molecular flexibility index (Phi) is 5.98. The van der Waals surface area contributed by atoms with Gasteiger partial charge in [-0.1, -0.05) is 17.7 Å². The molecule has 0 fully saturated rings. The van der Waals surface area contributed by atoms with E-state index in [9.17, 15) is 18.8 Å². The molecule has 1 heterocycles. The third-order valence-corrected chi connectivity index (χ3v) is 4.99. The van der Waals surface area contributed by atoms with E-state index in [1.54, 1.807) is 27.7 Å². The SMILES string of the molecule is Cc1c(C(=O)C(=O)NC(C)(C)C)csc1C(=O)Cc1ccc(F)c(Cl)c1. The number of halogens is 2. The van der Waals surface area contributed by atoms with Gasteiger partial charge in [0.05, 0.1) is 9.90 Å². The molecule has 1 aromatic carbocycles. The van der Waals surface area contributed by atoms with Gasteiger partial charge in [0.1, 0.15) is 5.82 Å². The van der Waals surface area contributed by atoms with Crippen LogP contribution >= 0.6 is 22.9 Å². The van der Waals surface area contributed by atoms with E-state index in [-0.39, 0.29) is 22.8 Å². The number of hydrogen-bond donors (Lipinski definition) is 1. The third kappa shape index (κ3) is 4.77. The van der Waals surface area contributed by atoms with Crippen molar-refractivity contribution >= 4 is 40.4 Å². The number of hydrogen-bond acceptors (Lipinski definition) is 4. The fourth-order valence-electron chi connectivity index (χ4n) is 2.35. The van der Waals surface area contributed by atoms with Crippen molar-refractivity contribution in [1.82, 2.24) is 5.32 Å². The lowest BCUT2D eigenvalue weighted by atomic mass is 10.0. The smallest absolute Gasteiger partial charge is 0.292 e. The van der Waals surface area contributed by atoms with E-state index in [0.29, 0.717) is 16.0 Å². The van der Waals surface area contributed by atoms with Gasteiger partial charge in [0, 0.05) is 22.9 Å². The molecule has 0 aliphatic carbocycles. The highest BCUT2D eigenvalue weighted by molar-refractivity contribution is 7.12. The van der Waals surface area contributed by atoms with E-state index in [0.717, 1.165) is 11.3 Å². The van der Waals surface area contributed by atoms with Crippen molar-refractivity contribution in [2.45, 2.75) is 39.7 Å². The molecule has 0 aliphatic heterocycles. The minimum absolute atomic E-state index is 0.0309. The monoisotopic (exact) mass is 395 g/mol. The number of benzene rings is 1. The van der Waals surface area contributed by atoms with Crippen LogP contribution in [0.3, 0.4) is 0 Å². The van der Waals surface area contributed by atoms with Gasteiger partial charge < -0.3 is 5.32 Å². The Balaban J connectivity index is 2.19. The molecule has 0 atom stereocenters. The number of rotatable bonds is 5. The van der Waals surface area contributed by atoms with Gasteiger partial charge in [-0.25, -0.2) is 4.39 Å². The molecule has 0 saturated heterocycles. The molecule has 26 heavy (non-hydrogen) atoms. The Morgan fingerprint density at radius 3 is 2.46 bits per heavy atom. The first-order valence-corrected chi connectivity index (χ1v) is 9.17. The van der Waals surface area contributed by atoms with Crippen molar-refractivity contribution in [2.75, 3.05) is 0 Å². The van der Waals surface area contributed by atoms with Crippen molar-refractivity contribution in [2.24, 2.45) is 0 Å². The summed E-state index contributed by atoms with van der Waals surface area (Å²) in [5.74, 6) is -2.14. The van der Waals surface area contributed by atoms with Gasteiger partial charge in [0.25, 0.3) is 11.7 Å². The van der Waals surface area contributed by atoms with Crippen LogP contribution in [-0.2, 0) is 11.2 Å². The molecule has 2 aromatic rings. The molecular weight excluding hydrogens is 377 g/mol. The number of ketones is 2. The Labute approximate surface area is 160 Å². The summed E-state index contributed by atoms with van der Waals surface area (Å²) in [6, 6.07) is 4.10. The number of nitrogens with one attached hydrogen (secondary N) is 1. The summed E-state index contributed by atoms with van der Waals surface area (Å²) in [7, 11) is 0. The normalized spacial score (nSPS) is 11.3. The highest BCUT2D eigenvalue weighted by Gasteiger charge is 2.26. The molecule has 2 rings (SSSR count). The molecule has 1 aromatic heterocycles. The highest BCUT2D eigenvalue weighted by Crippen LogP contribution is 2.25. The van der Waals surface area contributed by atoms with Gasteiger partial charge in [-0.05, 0) is 51.0 Å². The van der Waals surface area contributed by atoms with Gasteiger partial charge in [-0.15, -0.1) is 11.3 Å². The fourth-order valence-corrected chi connectivity index (χ4v) is 3.56. The Hall–Kier alpha value is -2.05. The zero-order valence-corrected chi connectivity index (χ0v) is 16.5. The summed E-state index contributed by atoms with van der Waals surface area (Å²) >= 11 is 6.85. The van der Waals surface area contributed by atoms with Crippen LogP contribution in [0.25, 0.3) is 0 Å². The van der Waals surface area contributed by atoms with E-state index in [2.05, 4.69) is 5.32 Å². The van der Waals surface area contributed by atoms with Crippen LogP contribution in [-0.4, -0.2) is 23.0 Å². The number of carbonyl (C=O) groups is 3. The minimum Gasteiger partial charge on any atom is -0.345 e. The number of carbonyl (C=O) groups excluding carboxylic acids is 3. The van der Waals surface area contributed by atoms with Gasteiger partial charge in [-0.2, -0.15) is 0 Å². The molecule has 7 heteroatoms. The van der Waals surface area contributed by atoms with Gasteiger partial charge >= 0.3 is 0 Å². The summed E-state index contributed by atoms with van der Waals surface area (Å²) in [6.45, 7) is 6.98. The second kappa shape index (κ2) is 7.68. The standard InChI is InChI=1S/C19H19ClFNO3S/c1-10-12(16(24)18(25)22-19(2,3)4)9-26-17(10)15(23)8-11-5-6-14(21)13(20)7-11/h5-7,9H,8H2,1-4H3,(H,22,25). The van der Waals surface area contributed by atoms with Crippen molar-refractivity contribution in [3.8, 4) is 0 Å². The van der Waals surface area contributed by atoms with Gasteiger partial charge in [0.2, 0.25) is 0 Å². The molecule has 0 bridgehead atoms. The van der Waals surface area contributed by atoms with E-state index >= 15 is 0 Å². The van der Waals surface area contributed by atoms with Crippen molar-refractivity contribution in [1.29, 1.82) is 0 Å². The average Bonchev–Trinajstić information content (AvgIpc) is 2.90. The lowest BCUT2D eigenvalue weighted by Gasteiger charge is -2.19. The predicted molar refractivity (Wildman–Crippen MR) is 101 cm³/mol. The maximum absolute atomic E-state index is 13.2. The molecule has 4 nitrogen and oxygen atoms in total. The Morgan fingerprint density at radius 2 is 1.88 bits per heavy atom. The first-order valence-electron chi connectivity index (χ1n) is 7.91. The second-order valence-corrected chi connectivity index (χ2v) is 8.27. The van der Waals surface area contributed by atoms with E-state index in [4.69, 9.17) is 11.6 Å². The van der Waals surface area contributed by atoms with Gasteiger partial charge in [0.15, 0.2) is 5.78 Å². The van der Waals surface area contributed by atoms with Crippen LogP contribution in [0.15, 0.2) is 23.6 Å². The summed E-state index contributed by atoms with van der Waals surface area (Å²) in [6.07, 6.45) is 0.0309.